The average Bonchev–Trinajstić information content (AvgIpc) is 3.24. The number of carbonyl (C=O) groups excluding carboxylic acids is 2. The molecular weight excluding hydrogens is 462 g/mol. The number of aliphatic carboxylic acids is 1. The third-order valence-corrected chi connectivity index (χ3v) is 4.76. The van der Waals surface area contributed by atoms with Crippen LogP contribution in [0.1, 0.15) is 16.2 Å². The summed E-state index contributed by atoms with van der Waals surface area (Å²) in [5.41, 5.74) is 4.02. The second-order valence-electron chi connectivity index (χ2n) is 6.95. The number of hydrazine groups is 1. The number of carboxylic acid groups (broad SMARTS) is 1. The van der Waals surface area contributed by atoms with Gasteiger partial charge in [-0.2, -0.15) is 0 Å². The second kappa shape index (κ2) is 12.4. The molecule has 3 rings (SSSR count). The quantitative estimate of drug-likeness (QED) is 0.186. The largest absolute Gasteiger partial charge is 1.00 e. The number of carboxylic acids is 1. The minimum Gasteiger partial charge on any atom is -0.547 e. The number of nitrogens with zero attached hydrogens (tertiary/aromatic N) is 5. The van der Waals surface area contributed by atoms with Gasteiger partial charge in [-0.1, -0.05) is 41.9 Å². The summed E-state index contributed by atoms with van der Waals surface area (Å²) in [5.74, 6) is -2.98. The first-order chi connectivity index (χ1) is 15.8. The first-order valence-electron chi connectivity index (χ1n) is 9.64. The SMILES string of the molecule is C=CCn1nnnc1C(=O)NN(Cc1ccc(-c2cc(Cl)ccc2F)cc1)C[C@@H](O)C(=O)[O-].[Li+]. The van der Waals surface area contributed by atoms with Gasteiger partial charge in [-0.3, -0.25) is 10.2 Å². The Kier molecular flexibility index (Phi) is 9.92. The molecule has 1 heterocycles. The fraction of sp³-hybridized carbons (Fsp3) is 0.190. The molecule has 0 unspecified atom stereocenters. The number of tetrazole rings is 1. The molecule has 0 saturated carbocycles. The van der Waals surface area contributed by atoms with Gasteiger partial charge in [0.1, 0.15) is 11.9 Å². The van der Waals surface area contributed by atoms with Gasteiger partial charge in [0.2, 0.25) is 5.82 Å². The van der Waals surface area contributed by atoms with Gasteiger partial charge < -0.3 is 15.0 Å². The molecule has 0 aliphatic carbocycles. The zero-order valence-corrected chi connectivity index (χ0v) is 18.9. The number of hydrogen-bond donors (Lipinski definition) is 2. The van der Waals surface area contributed by atoms with Crippen molar-refractivity contribution < 1.29 is 43.1 Å². The molecule has 1 atom stereocenters. The third kappa shape index (κ3) is 6.96. The smallest absolute Gasteiger partial charge is 0.547 e. The Balaban J connectivity index is 0.00000408. The third-order valence-electron chi connectivity index (χ3n) is 4.53. The number of aromatic nitrogens is 4. The van der Waals surface area contributed by atoms with Crippen molar-refractivity contribution in [2.45, 2.75) is 19.2 Å². The van der Waals surface area contributed by atoms with Crippen molar-refractivity contribution in [2.24, 2.45) is 0 Å². The van der Waals surface area contributed by atoms with Crippen molar-refractivity contribution in [1.29, 1.82) is 0 Å². The van der Waals surface area contributed by atoms with Crippen molar-refractivity contribution in [1.82, 2.24) is 30.6 Å². The maximum absolute atomic E-state index is 14.1. The minimum atomic E-state index is -1.87. The van der Waals surface area contributed by atoms with Gasteiger partial charge >= 0.3 is 24.8 Å². The molecule has 1 amide bonds. The number of carbonyl (C=O) groups is 2. The number of rotatable bonds is 10. The standard InChI is InChI=1S/C21H20ClFN6O4.Li/c1-2-9-29-19(24-26-27-29)20(31)25-28(12-18(30)21(32)33)11-13-3-5-14(6-4-13)16-10-15(22)7-8-17(16)23;/h2-8,10,18,30H,1,9,11-12H2,(H,25,31)(H,32,33);/q;+1/p-1/t18-;/m1./s1. The van der Waals surface area contributed by atoms with Crippen molar-refractivity contribution in [3.8, 4) is 11.1 Å². The maximum atomic E-state index is 14.1. The van der Waals surface area contributed by atoms with Gasteiger partial charge in [-0.25, -0.2) is 14.1 Å². The number of nitrogens with one attached hydrogen (secondary N) is 1. The van der Waals surface area contributed by atoms with E-state index in [1.54, 1.807) is 24.3 Å². The van der Waals surface area contributed by atoms with E-state index in [0.29, 0.717) is 21.7 Å². The minimum absolute atomic E-state index is 0. The summed E-state index contributed by atoms with van der Waals surface area (Å²) in [6.07, 6.45) is -0.371. The van der Waals surface area contributed by atoms with E-state index in [2.05, 4.69) is 27.5 Å². The molecule has 2 N–H and O–H groups in total. The molecule has 2 aromatic carbocycles. The Morgan fingerprint density at radius 3 is 2.65 bits per heavy atom. The molecule has 34 heavy (non-hydrogen) atoms. The number of amides is 1. The van der Waals surface area contributed by atoms with Crippen LogP contribution in [0.2, 0.25) is 5.02 Å². The molecular formula is C21H19ClFLiN6O4. The van der Waals surface area contributed by atoms with Crippen molar-refractivity contribution in [3.05, 3.63) is 77.3 Å². The molecule has 0 bridgehead atoms. The zero-order valence-electron chi connectivity index (χ0n) is 18.2. The van der Waals surface area contributed by atoms with E-state index in [1.165, 1.54) is 34.0 Å². The van der Waals surface area contributed by atoms with Gasteiger partial charge in [0, 0.05) is 23.7 Å². The van der Waals surface area contributed by atoms with E-state index < -0.39 is 30.3 Å². The normalized spacial score (nSPS) is 11.5. The summed E-state index contributed by atoms with van der Waals surface area (Å²) in [4.78, 5) is 23.6. The molecule has 0 spiro atoms. The van der Waals surface area contributed by atoms with Gasteiger partial charge in [0.25, 0.3) is 0 Å². The number of allylic oxidation sites excluding steroid dienone is 1. The van der Waals surface area contributed by atoms with Gasteiger partial charge in [-0.05, 0) is 39.8 Å². The van der Waals surface area contributed by atoms with Crippen LogP contribution < -0.4 is 29.4 Å². The van der Waals surface area contributed by atoms with Crippen LogP contribution >= 0.6 is 11.6 Å². The summed E-state index contributed by atoms with van der Waals surface area (Å²) in [6, 6.07) is 10.9. The second-order valence-corrected chi connectivity index (χ2v) is 7.39. The number of benzene rings is 2. The van der Waals surface area contributed by atoms with E-state index in [1.807, 2.05) is 0 Å². The van der Waals surface area contributed by atoms with E-state index >= 15 is 0 Å². The summed E-state index contributed by atoms with van der Waals surface area (Å²) in [5, 5.41) is 33.1. The summed E-state index contributed by atoms with van der Waals surface area (Å²) < 4.78 is 15.3. The Labute approximate surface area is 211 Å². The Bertz CT molecular complexity index is 1160. The van der Waals surface area contributed by atoms with Crippen LogP contribution in [0.15, 0.2) is 55.1 Å². The van der Waals surface area contributed by atoms with Gasteiger partial charge in [0.15, 0.2) is 0 Å². The Morgan fingerprint density at radius 1 is 1.29 bits per heavy atom. The average molecular weight is 481 g/mol. The van der Waals surface area contributed by atoms with Crippen LogP contribution in [-0.4, -0.2) is 54.8 Å². The first-order valence-corrected chi connectivity index (χ1v) is 10.0. The predicted octanol–water partition coefficient (Wildman–Crippen LogP) is -2.42. The van der Waals surface area contributed by atoms with Crippen LogP contribution in [0.25, 0.3) is 11.1 Å². The fourth-order valence-corrected chi connectivity index (χ4v) is 3.14. The van der Waals surface area contributed by atoms with Gasteiger partial charge in [0.05, 0.1) is 12.5 Å². The van der Waals surface area contributed by atoms with Crippen LogP contribution in [0.4, 0.5) is 4.39 Å². The monoisotopic (exact) mass is 480 g/mol. The van der Waals surface area contributed by atoms with Gasteiger partial charge in [-0.15, -0.1) is 11.7 Å². The summed E-state index contributed by atoms with van der Waals surface area (Å²) >= 11 is 5.95. The molecule has 172 valence electrons. The van der Waals surface area contributed by atoms with E-state index in [9.17, 15) is 24.2 Å². The number of aliphatic hydroxyl groups is 1. The summed E-state index contributed by atoms with van der Waals surface area (Å²) in [7, 11) is 0. The topological polar surface area (TPSA) is 136 Å². The first kappa shape index (κ1) is 27.2. The molecule has 0 saturated heterocycles. The van der Waals surface area contributed by atoms with E-state index in [4.69, 9.17) is 11.6 Å². The molecule has 10 nitrogen and oxygen atoms in total. The van der Waals surface area contributed by atoms with E-state index in [-0.39, 0.29) is 37.8 Å². The van der Waals surface area contributed by atoms with Crippen molar-refractivity contribution in [2.75, 3.05) is 6.54 Å². The summed E-state index contributed by atoms with van der Waals surface area (Å²) in [6.45, 7) is 3.28. The number of hydrogen-bond acceptors (Lipinski definition) is 8. The van der Waals surface area contributed by atoms with Crippen molar-refractivity contribution in [3.63, 3.8) is 0 Å². The maximum Gasteiger partial charge on any atom is 1.00 e. The zero-order chi connectivity index (χ0) is 24.0. The Hall–Kier alpha value is -3.07. The molecule has 0 fully saturated rings. The number of halogens is 2. The molecule has 0 radical (unpaired) electrons. The van der Waals surface area contributed by atoms with Crippen molar-refractivity contribution >= 4 is 23.5 Å². The van der Waals surface area contributed by atoms with Crippen LogP contribution in [0.5, 0.6) is 0 Å². The van der Waals surface area contributed by atoms with Crippen LogP contribution in [0, 0.1) is 5.82 Å². The molecule has 0 aliphatic heterocycles. The molecule has 13 heteroatoms. The molecule has 0 aliphatic rings. The van der Waals surface area contributed by atoms with Crippen LogP contribution in [-0.2, 0) is 17.9 Å². The fourth-order valence-electron chi connectivity index (χ4n) is 2.97. The molecule has 1 aromatic heterocycles. The van der Waals surface area contributed by atoms with E-state index in [0.717, 1.165) is 0 Å². The van der Waals surface area contributed by atoms with Crippen LogP contribution in [0.3, 0.4) is 0 Å². The molecule has 3 aromatic rings. The Morgan fingerprint density at radius 2 is 2.00 bits per heavy atom. The number of aliphatic hydroxyl groups excluding tert-OH is 1. The predicted molar refractivity (Wildman–Crippen MR) is 114 cm³/mol.